The number of aliphatic hydroxyl groups excluding tert-OH is 2. The molecule has 0 aliphatic carbocycles. The monoisotopic (exact) mass is 586 g/mol. The maximum absolute atomic E-state index is 11.8. The van der Waals surface area contributed by atoms with Gasteiger partial charge in [-0.25, -0.2) is 0 Å². The van der Waals surface area contributed by atoms with E-state index in [1.165, 1.54) is 5.82 Å². The van der Waals surface area contributed by atoms with Gasteiger partial charge in [0.15, 0.2) is 0 Å². The van der Waals surface area contributed by atoms with Gasteiger partial charge in [-0.2, -0.15) is 0 Å². The van der Waals surface area contributed by atoms with Crippen LogP contribution in [0.25, 0.3) is 0 Å². The number of ether oxygens (including phenoxy) is 1. The van der Waals surface area contributed by atoms with Crippen molar-refractivity contribution in [3.05, 3.63) is 34.2 Å². The lowest BCUT2D eigenvalue weighted by Gasteiger charge is -2.14. The molecule has 0 saturated carbocycles. The van der Waals surface area contributed by atoms with Gasteiger partial charge in [0.25, 0.3) is 0 Å². The summed E-state index contributed by atoms with van der Waals surface area (Å²) in [5.74, 6) is 4.93. The van der Waals surface area contributed by atoms with E-state index in [4.69, 9.17) is 28.9 Å². The number of allylic oxidation sites excluding steroid dienone is 3. The summed E-state index contributed by atoms with van der Waals surface area (Å²) in [6.45, 7) is 12.3. The van der Waals surface area contributed by atoms with Crippen molar-refractivity contribution in [1.29, 1.82) is 0 Å². The van der Waals surface area contributed by atoms with Gasteiger partial charge >= 0.3 is 0 Å². The highest BCUT2D eigenvalue weighted by Gasteiger charge is 2.28. The molecule has 0 spiro atoms. The second kappa shape index (κ2) is 16.7. The lowest BCUT2D eigenvalue weighted by molar-refractivity contribution is 0.125. The quantitative estimate of drug-likeness (QED) is 0.233. The third kappa shape index (κ3) is 17.1. The van der Waals surface area contributed by atoms with Crippen molar-refractivity contribution in [2.24, 2.45) is 0 Å². The molecule has 1 fully saturated rings. The van der Waals surface area contributed by atoms with Crippen molar-refractivity contribution in [3.63, 3.8) is 0 Å². The Kier molecular flexibility index (Phi) is 16.6. The molecule has 0 amide bonds. The summed E-state index contributed by atoms with van der Waals surface area (Å²) >= 11 is 0. The summed E-state index contributed by atoms with van der Waals surface area (Å²) in [7, 11) is -7.78. The first kappa shape index (κ1) is 36.7. The van der Waals surface area contributed by atoms with E-state index in [1.807, 2.05) is 20.8 Å². The zero-order valence-electron chi connectivity index (χ0n) is 22.5. The van der Waals surface area contributed by atoms with Gasteiger partial charge in [0.2, 0.25) is 22.1 Å². The van der Waals surface area contributed by atoms with Crippen LogP contribution in [-0.2, 0) is 27.5 Å². The first-order valence-electron chi connectivity index (χ1n) is 12.3. The average Bonchev–Trinajstić information content (AvgIpc) is 3.23. The molecule has 0 bridgehead atoms. The standard InChI is InChI=1S/2C8H15O3P.C5H9O2P.C3H6O.CH4/c1-7-3-4-12(10,6-7)11-5-8(2)9;1-7-3-4-12(10,6-7)11-8(2)5-9;1-5-2-3-8(6,7)4-5;1-3-2-4-3;/h2*6,8-9H,3-5H2,1-2H3;4H,2-3H2,1H3,(H,6,7);3H,2H2,1H3;1H4. The smallest absolute Gasteiger partial charge is 0.225 e. The van der Waals surface area contributed by atoms with E-state index in [9.17, 15) is 13.7 Å². The SMILES string of the molecule is C.CC1=CP(=O)(O)CC1.CC1=CP(=O)(OC(C)CO)CC1.CC1=CP(=O)(OCC(C)O)CC1.CC1CO1. The molecule has 0 radical (unpaired) electrons. The molecule has 3 N–H and O–H groups in total. The maximum atomic E-state index is 11.8. The normalized spacial score (nSPS) is 33.0. The van der Waals surface area contributed by atoms with E-state index in [0.29, 0.717) is 24.6 Å². The van der Waals surface area contributed by atoms with Crippen LogP contribution in [-0.4, -0.2) is 71.7 Å². The second-order valence-electron chi connectivity index (χ2n) is 9.94. The highest BCUT2D eigenvalue weighted by molar-refractivity contribution is 7.63. The van der Waals surface area contributed by atoms with Gasteiger partial charge in [-0.3, -0.25) is 13.7 Å². The first-order valence-corrected chi connectivity index (χ1v) is 18.0. The lowest BCUT2D eigenvalue weighted by atomic mass is 10.3. The average molecular weight is 587 g/mol. The fourth-order valence-corrected chi connectivity index (χ4v) is 9.58. The Labute approximate surface area is 223 Å². The highest BCUT2D eigenvalue weighted by Crippen LogP contribution is 2.56. The van der Waals surface area contributed by atoms with E-state index in [2.05, 4.69) is 6.92 Å². The number of rotatable bonds is 6. The van der Waals surface area contributed by atoms with E-state index in [1.54, 1.807) is 25.5 Å². The van der Waals surface area contributed by atoms with E-state index in [-0.39, 0.29) is 26.7 Å². The largest absolute Gasteiger partial charge is 0.394 e. The first-order chi connectivity index (χ1) is 16.6. The second-order valence-corrected chi connectivity index (χ2v) is 16.9. The molecule has 4 aliphatic rings. The van der Waals surface area contributed by atoms with Crippen LogP contribution in [0.4, 0.5) is 0 Å². The Morgan fingerprint density at radius 3 is 1.65 bits per heavy atom. The Morgan fingerprint density at radius 2 is 1.38 bits per heavy atom. The van der Waals surface area contributed by atoms with Crippen molar-refractivity contribution in [1.82, 2.24) is 0 Å². The fraction of sp³-hybridized carbons (Fsp3) is 0.760. The van der Waals surface area contributed by atoms with Gasteiger partial charge in [-0.05, 0) is 78.3 Å². The summed E-state index contributed by atoms with van der Waals surface area (Å²) in [4.78, 5) is 8.84. The Hall–Kier alpha value is -0.330. The minimum absolute atomic E-state index is 0. The molecule has 218 valence electrons. The fourth-order valence-electron chi connectivity index (χ4n) is 3.26. The Morgan fingerprint density at radius 1 is 0.946 bits per heavy atom. The number of aliphatic hydroxyl groups is 2. The van der Waals surface area contributed by atoms with Gasteiger partial charge in [-0.1, -0.05) is 24.1 Å². The van der Waals surface area contributed by atoms with Gasteiger partial charge < -0.3 is 28.9 Å². The predicted octanol–water partition coefficient (Wildman–Crippen LogP) is 6.54. The maximum Gasteiger partial charge on any atom is 0.225 e. The molecule has 9 nitrogen and oxygen atoms in total. The molecular formula is C25H49O9P3. The topological polar surface area (TPSA) is 143 Å². The molecule has 4 aliphatic heterocycles. The third-order valence-electron chi connectivity index (χ3n) is 5.37. The van der Waals surface area contributed by atoms with Crippen LogP contribution in [0, 0.1) is 0 Å². The molecule has 6 atom stereocenters. The van der Waals surface area contributed by atoms with Crippen LogP contribution in [0.1, 0.15) is 68.2 Å². The Balaban J connectivity index is 0.000000489. The van der Waals surface area contributed by atoms with Crippen LogP contribution in [0.2, 0.25) is 0 Å². The van der Waals surface area contributed by atoms with Crippen LogP contribution in [0.3, 0.4) is 0 Å². The zero-order chi connectivity index (χ0) is 27.6. The lowest BCUT2D eigenvalue weighted by Crippen LogP contribution is -2.10. The van der Waals surface area contributed by atoms with Crippen molar-refractivity contribution in [2.45, 2.75) is 86.5 Å². The van der Waals surface area contributed by atoms with Gasteiger partial charge in [0.1, 0.15) is 0 Å². The molecule has 37 heavy (non-hydrogen) atoms. The molecule has 4 rings (SSSR count). The predicted molar refractivity (Wildman–Crippen MR) is 152 cm³/mol. The summed E-state index contributed by atoms with van der Waals surface area (Å²) < 4.78 is 49.3. The molecule has 1 saturated heterocycles. The van der Waals surface area contributed by atoms with Crippen LogP contribution in [0.5, 0.6) is 0 Å². The molecule has 12 heteroatoms. The van der Waals surface area contributed by atoms with Crippen LogP contribution < -0.4 is 0 Å². The molecular weight excluding hydrogens is 537 g/mol. The number of hydrogen-bond acceptors (Lipinski definition) is 8. The van der Waals surface area contributed by atoms with Crippen molar-refractivity contribution in [3.8, 4) is 0 Å². The summed E-state index contributed by atoms with van der Waals surface area (Å²) in [6, 6.07) is 0. The van der Waals surface area contributed by atoms with Gasteiger partial charge in [0.05, 0.1) is 38.1 Å². The molecule has 4 heterocycles. The van der Waals surface area contributed by atoms with Crippen LogP contribution >= 0.6 is 22.1 Å². The van der Waals surface area contributed by atoms with Crippen LogP contribution in [0.15, 0.2) is 34.2 Å². The molecule has 0 aromatic rings. The number of epoxide rings is 1. The molecule has 0 aromatic carbocycles. The third-order valence-corrected chi connectivity index (χ3v) is 11.7. The molecule has 0 aromatic heterocycles. The van der Waals surface area contributed by atoms with Gasteiger partial charge in [-0.15, -0.1) is 0 Å². The Bertz CT molecular complexity index is 936. The van der Waals surface area contributed by atoms with E-state index in [0.717, 1.165) is 42.6 Å². The summed E-state index contributed by atoms with van der Waals surface area (Å²) in [5.41, 5.74) is 3.31. The van der Waals surface area contributed by atoms with Crippen molar-refractivity contribution in [2.75, 3.05) is 38.3 Å². The summed E-state index contributed by atoms with van der Waals surface area (Å²) in [5, 5.41) is 17.6. The van der Waals surface area contributed by atoms with Crippen molar-refractivity contribution < 1.29 is 42.6 Å². The highest BCUT2D eigenvalue weighted by atomic mass is 31.2. The minimum Gasteiger partial charge on any atom is -0.394 e. The zero-order valence-corrected chi connectivity index (χ0v) is 25.1. The number of hydrogen-bond donors (Lipinski definition) is 3. The van der Waals surface area contributed by atoms with Gasteiger partial charge in [0, 0.05) is 18.5 Å². The van der Waals surface area contributed by atoms with Crippen molar-refractivity contribution >= 4 is 22.1 Å². The summed E-state index contributed by atoms with van der Waals surface area (Å²) in [6.07, 6.45) is 3.90. The van der Waals surface area contributed by atoms with E-state index < -0.39 is 28.2 Å². The minimum atomic E-state index is -2.76. The van der Waals surface area contributed by atoms with E-state index >= 15 is 0 Å². The molecule has 6 unspecified atom stereocenters.